The maximum atomic E-state index is 12.0. The zero-order valence-corrected chi connectivity index (χ0v) is 12.3. The number of non-ortho nitro benzene ring substituents is 1. The number of hydrogen-bond acceptors (Lipinski definition) is 4. The van der Waals surface area contributed by atoms with E-state index >= 15 is 0 Å². The lowest BCUT2D eigenvalue weighted by Gasteiger charge is -2.00. The van der Waals surface area contributed by atoms with Crippen molar-refractivity contribution in [1.29, 1.82) is 0 Å². The topological polar surface area (TPSA) is 84.6 Å². The second-order valence-corrected chi connectivity index (χ2v) is 5.44. The molecule has 2 aromatic carbocycles. The van der Waals surface area contributed by atoms with Crippen LogP contribution in [-0.4, -0.2) is 17.0 Å². The highest BCUT2D eigenvalue weighted by molar-refractivity contribution is 5.85. The summed E-state index contributed by atoms with van der Waals surface area (Å²) in [7, 11) is 0. The van der Waals surface area contributed by atoms with Crippen LogP contribution in [-0.2, 0) is 4.79 Å². The number of carbonyl (C=O) groups excluding carboxylic acids is 1. The summed E-state index contributed by atoms with van der Waals surface area (Å²) < 4.78 is 0. The van der Waals surface area contributed by atoms with Gasteiger partial charge in [0.25, 0.3) is 5.69 Å². The number of nitro benzene ring substituents is 1. The molecule has 2 atom stereocenters. The predicted octanol–water partition coefficient (Wildman–Crippen LogP) is 2.85. The van der Waals surface area contributed by atoms with Gasteiger partial charge >= 0.3 is 0 Å². The van der Waals surface area contributed by atoms with E-state index in [0.717, 1.165) is 6.42 Å². The van der Waals surface area contributed by atoms with E-state index in [1.54, 1.807) is 12.1 Å². The van der Waals surface area contributed by atoms with Crippen molar-refractivity contribution in [1.82, 2.24) is 5.43 Å². The number of rotatable bonds is 5. The van der Waals surface area contributed by atoms with Gasteiger partial charge in [-0.3, -0.25) is 14.9 Å². The van der Waals surface area contributed by atoms with E-state index in [0.29, 0.717) is 5.56 Å². The van der Waals surface area contributed by atoms with Gasteiger partial charge in [0.1, 0.15) is 0 Å². The van der Waals surface area contributed by atoms with Crippen molar-refractivity contribution in [3.63, 3.8) is 0 Å². The van der Waals surface area contributed by atoms with Gasteiger partial charge < -0.3 is 0 Å². The van der Waals surface area contributed by atoms with E-state index in [4.69, 9.17) is 0 Å². The molecule has 116 valence electrons. The number of benzene rings is 2. The number of hydrogen-bond donors (Lipinski definition) is 1. The number of carbonyl (C=O) groups is 1. The highest BCUT2D eigenvalue weighted by atomic mass is 16.6. The molecule has 0 aliphatic heterocycles. The monoisotopic (exact) mass is 309 g/mol. The second kappa shape index (κ2) is 6.39. The molecule has 2 aromatic rings. The first-order chi connectivity index (χ1) is 11.1. The summed E-state index contributed by atoms with van der Waals surface area (Å²) in [5.41, 5.74) is 4.41. The lowest BCUT2D eigenvalue weighted by atomic mass is 10.1. The molecule has 1 aliphatic rings. The average Bonchev–Trinajstić information content (AvgIpc) is 3.37. The first-order valence-corrected chi connectivity index (χ1v) is 7.27. The summed E-state index contributed by atoms with van der Waals surface area (Å²) in [6, 6.07) is 15.9. The summed E-state index contributed by atoms with van der Waals surface area (Å²) in [6.07, 6.45) is 2.31. The Hall–Kier alpha value is -3.02. The molecule has 1 N–H and O–H groups in total. The van der Waals surface area contributed by atoms with Crippen molar-refractivity contribution in [2.45, 2.75) is 12.3 Å². The number of amides is 1. The normalized spacial score (nSPS) is 19.5. The molecule has 0 spiro atoms. The van der Waals surface area contributed by atoms with Crippen LogP contribution in [0.25, 0.3) is 0 Å². The molecule has 6 heteroatoms. The fourth-order valence-electron chi connectivity index (χ4n) is 2.49. The molecule has 1 fully saturated rings. The molecule has 0 radical (unpaired) electrons. The van der Waals surface area contributed by atoms with E-state index in [9.17, 15) is 14.9 Å². The predicted molar refractivity (Wildman–Crippen MR) is 86.1 cm³/mol. The smallest absolute Gasteiger partial charge is 0.269 e. The van der Waals surface area contributed by atoms with Crippen LogP contribution in [0, 0.1) is 16.0 Å². The van der Waals surface area contributed by atoms with Crippen molar-refractivity contribution in [3.05, 3.63) is 75.8 Å². The largest absolute Gasteiger partial charge is 0.273 e. The average molecular weight is 309 g/mol. The lowest BCUT2D eigenvalue weighted by Crippen LogP contribution is -2.20. The number of nitrogens with zero attached hydrogens (tertiary/aromatic N) is 2. The minimum absolute atomic E-state index is 0.0230. The van der Waals surface area contributed by atoms with Crippen LogP contribution >= 0.6 is 0 Å². The van der Waals surface area contributed by atoms with Gasteiger partial charge in [-0.15, -0.1) is 0 Å². The Morgan fingerprint density at radius 2 is 1.87 bits per heavy atom. The maximum Gasteiger partial charge on any atom is 0.269 e. The fourth-order valence-corrected chi connectivity index (χ4v) is 2.49. The van der Waals surface area contributed by atoms with Crippen LogP contribution in [0.15, 0.2) is 59.7 Å². The molecular formula is C17H15N3O3. The molecule has 6 nitrogen and oxygen atoms in total. The molecule has 0 saturated heterocycles. The molecule has 1 saturated carbocycles. The fraction of sp³-hybridized carbons (Fsp3) is 0.176. The molecule has 0 aromatic heterocycles. The van der Waals surface area contributed by atoms with Gasteiger partial charge in [0.2, 0.25) is 5.91 Å². The standard InChI is InChI=1S/C17H15N3O3/c21-17(16-10-15(16)13-4-2-1-3-5-13)19-18-11-12-6-8-14(9-7-12)20(22)23/h1-9,11,15-16H,10H2,(H,19,21)/b18-11-/t15-,16-/m1/s1. The zero-order chi connectivity index (χ0) is 16.2. The first-order valence-electron chi connectivity index (χ1n) is 7.27. The number of hydrazone groups is 1. The van der Waals surface area contributed by atoms with Crippen LogP contribution in [0.5, 0.6) is 0 Å². The molecule has 23 heavy (non-hydrogen) atoms. The Bertz CT molecular complexity index is 741. The number of nitrogens with one attached hydrogen (secondary N) is 1. The highest BCUT2D eigenvalue weighted by Crippen LogP contribution is 2.47. The molecule has 1 amide bonds. The van der Waals surface area contributed by atoms with E-state index in [1.165, 1.54) is 23.9 Å². The van der Waals surface area contributed by atoms with E-state index in [2.05, 4.69) is 10.5 Å². The third kappa shape index (κ3) is 3.60. The zero-order valence-electron chi connectivity index (χ0n) is 12.3. The Morgan fingerprint density at radius 1 is 1.17 bits per heavy atom. The molecule has 3 rings (SSSR count). The van der Waals surface area contributed by atoms with Crippen LogP contribution in [0.2, 0.25) is 0 Å². The van der Waals surface area contributed by atoms with Crippen LogP contribution in [0.1, 0.15) is 23.5 Å². The Labute approximate surface area is 133 Å². The van der Waals surface area contributed by atoms with Gasteiger partial charge in [0.05, 0.1) is 11.1 Å². The van der Waals surface area contributed by atoms with Crippen molar-refractivity contribution in [3.8, 4) is 0 Å². The minimum atomic E-state index is -0.459. The van der Waals surface area contributed by atoms with Crippen LogP contribution in [0.4, 0.5) is 5.69 Å². The second-order valence-electron chi connectivity index (χ2n) is 5.44. The lowest BCUT2D eigenvalue weighted by molar-refractivity contribution is -0.384. The van der Waals surface area contributed by atoms with Crippen molar-refractivity contribution < 1.29 is 9.72 Å². The Kier molecular flexibility index (Phi) is 4.14. The summed E-state index contributed by atoms with van der Waals surface area (Å²) in [5.74, 6) is 0.134. The Morgan fingerprint density at radius 3 is 2.52 bits per heavy atom. The third-order valence-corrected chi connectivity index (χ3v) is 3.85. The summed E-state index contributed by atoms with van der Waals surface area (Å²) in [4.78, 5) is 22.1. The van der Waals surface area contributed by atoms with E-state index < -0.39 is 4.92 Å². The quantitative estimate of drug-likeness (QED) is 0.523. The number of nitro groups is 1. The van der Waals surface area contributed by atoms with Crippen molar-refractivity contribution in [2.75, 3.05) is 0 Å². The molecule has 1 aliphatic carbocycles. The highest BCUT2D eigenvalue weighted by Gasteiger charge is 2.43. The summed E-state index contributed by atoms with van der Waals surface area (Å²) >= 11 is 0. The van der Waals surface area contributed by atoms with Gasteiger partial charge in [0, 0.05) is 18.1 Å². The minimum Gasteiger partial charge on any atom is -0.273 e. The SMILES string of the molecule is O=C(N/N=C\c1ccc([N+](=O)[O-])cc1)[C@@H]1C[C@@H]1c1ccccc1. The van der Waals surface area contributed by atoms with Crippen LogP contribution < -0.4 is 5.43 Å². The third-order valence-electron chi connectivity index (χ3n) is 3.85. The molecule has 0 bridgehead atoms. The van der Waals surface area contributed by atoms with Gasteiger partial charge in [-0.1, -0.05) is 30.3 Å². The van der Waals surface area contributed by atoms with E-state index in [-0.39, 0.29) is 23.4 Å². The van der Waals surface area contributed by atoms with Gasteiger partial charge in [0.15, 0.2) is 0 Å². The Balaban J connectivity index is 1.52. The maximum absolute atomic E-state index is 12.0. The van der Waals surface area contributed by atoms with Gasteiger partial charge in [-0.05, 0) is 35.6 Å². The first kappa shape index (κ1) is 14.9. The van der Waals surface area contributed by atoms with Gasteiger partial charge in [-0.2, -0.15) is 5.10 Å². The van der Waals surface area contributed by atoms with Crippen LogP contribution in [0.3, 0.4) is 0 Å². The van der Waals surface area contributed by atoms with Crippen molar-refractivity contribution >= 4 is 17.8 Å². The molecular weight excluding hydrogens is 294 g/mol. The molecule has 0 heterocycles. The summed E-state index contributed by atoms with van der Waals surface area (Å²) in [6.45, 7) is 0. The van der Waals surface area contributed by atoms with Gasteiger partial charge in [-0.25, -0.2) is 5.43 Å². The van der Waals surface area contributed by atoms with E-state index in [1.807, 2.05) is 30.3 Å². The summed E-state index contributed by atoms with van der Waals surface area (Å²) in [5, 5.41) is 14.5. The van der Waals surface area contributed by atoms with Crippen molar-refractivity contribution in [2.24, 2.45) is 11.0 Å². The molecule has 0 unspecified atom stereocenters.